The molecule has 1 aromatic carbocycles. The molecule has 0 bridgehead atoms. The predicted octanol–water partition coefficient (Wildman–Crippen LogP) is 4.41. The Bertz CT molecular complexity index is 346. The van der Waals surface area contributed by atoms with Gasteiger partial charge in [-0.15, -0.1) is 0 Å². The Morgan fingerprint density at radius 3 is 2.44 bits per heavy atom. The van der Waals surface area contributed by atoms with Crippen molar-refractivity contribution in [1.29, 1.82) is 0 Å². The normalized spacial score (nSPS) is 30.1. The summed E-state index contributed by atoms with van der Waals surface area (Å²) in [5.74, 6) is 2.58. The number of hydrogen-bond acceptors (Lipinski definition) is 1. The maximum atomic E-state index is 3.70. The summed E-state index contributed by atoms with van der Waals surface area (Å²) in [7, 11) is 0. The van der Waals surface area contributed by atoms with Crippen LogP contribution in [0.1, 0.15) is 51.6 Å². The van der Waals surface area contributed by atoms with E-state index in [0.717, 1.165) is 24.3 Å². The van der Waals surface area contributed by atoms with Gasteiger partial charge in [-0.1, -0.05) is 57.5 Å². The SMILES string of the molecule is CCNC(c1ccccc1)C1CCC(C)C(C)C1. The zero-order valence-electron chi connectivity index (χ0n) is 12.0. The van der Waals surface area contributed by atoms with Gasteiger partial charge in [-0.2, -0.15) is 0 Å². The maximum Gasteiger partial charge on any atom is 0.0348 e. The third kappa shape index (κ3) is 3.14. The van der Waals surface area contributed by atoms with Gasteiger partial charge in [-0.3, -0.25) is 0 Å². The molecule has 1 aliphatic carbocycles. The lowest BCUT2D eigenvalue weighted by atomic mass is 9.72. The minimum absolute atomic E-state index is 0.547. The number of rotatable bonds is 4. The molecule has 4 unspecified atom stereocenters. The first-order valence-electron chi connectivity index (χ1n) is 7.50. The van der Waals surface area contributed by atoms with Crippen LogP contribution in [0.5, 0.6) is 0 Å². The molecule has 0 heterocycles. The van der Waals surface area contributed by atoms with Crippen LogP contribution in [0.2, 0.25) is 0 Å². The van der Waals surface area contributed by atoms with E-state index < -0.39 is 0 Å². The fraction of sp³-hybridized carbons (Fsp3) is 0.647. The van der Waals surface area contributed by atoms with E-state index >= 15 is 0 Å². The lowest BCUT2D eigenvalue weighted by Crippen LogP contribution is -2.33. The molecule has 1 saturated carbocycles. The molecule has 1 nitrogen and oxygen atoms in total. The average Bonchev–Trinajstić information content (AvgIpc) is 2.40. The second kappa shape index (κ2) is 6.38. The van der Waals surface area contributed by atoms with Gasteiger partial charge in [0.2, 0.25) is 0 Å². The van der Waals surface area contributed by atoms with Crippen molar-refractivity contribution in [2.75, 3.05) is 6.54 Å². The second-order valence-corrected chi connectivity index (χ2v) is 5.97. The molecule has 4 atom stereocenters. The van der Waals surface area contributed by atoms with E-state index in [1.807, 2.05) is 0 Å². The van der Waals surface area contributed by atoms with Crippen molar-refractivity contribution in [2.45, 2.75) is 46.1 Å². The van der Waals surface area contributed by atoms with Crippen molar-refractivity contribution < 1.29 is 0 Å². The van der Waals surface area contributed by atoms with E-state index in [0.29, 0.717) is 6.04 Å². The van der Waals surface area contributed by atoms with Gasteiger partial charge in [-0.05, 0) is 42.7 Å². The van der Waals surface area contributed by atoms with E-state index in [-0.39, 0.29) is 0 Å². The Kier molecular flexibility index (Phi) is 4.82. The minimum atomic E-state index is 0.547. The van der Waals surface area contributed by atoms with Gasteiger partial charge in [0.25, 0.3) is 0 Å². The van der Waals surface area contributed by atoms with E-state index in [9.17, 15) is 0 Å². The minimum Gasteiger partial charge on any atom is -0.310 e. The van der Waals surface area contributed by atoms with E-state index in [1.54, 1.807) is 0 Å². The smallest absolute Gasteiger partial charge is 0.0348 e. The third-order valence-corrected chi connectivity index (χ3v) is 4.69. The number of hydrogen-bond donors (Lipinski definition) is 1. The molecule has 0 radical (unpaired) electrons. The van der Waals surface area contributed by atoms with Crippen LogP contribution in [0.15, 0.2) is 30.3 Å². The molecule has 0 amide bonds. The molecule has 0 aromatic heterocycles. The number of benzene rings is 1. The van der Waals surface area contributed by atoms with Gasteiger partial charge < -0.3 is 5.32 Å². The van der Waals surface area contributed by atoms with Gasteiger partial charge in [0.15, 0.2) is 0 Å². The topological polar surface area (TPSA) is 12.0 Å². The monoisotopic (exact) mass is 245 g/mol. The standard InChI is InChI=1S/C17H27N/c1-4-18-17(15-8-6-5-7-9-15)16-11-10-13(2)14(3)12-16/h5-9,13-14,16-18H,4,10-12H2,1-3H3. The highest BCUT2D eigenvalue weighted by molar-refractivity contribution is 5.20. The zero-order chi connectivity index (χ0) is 13.0. The molecule has 1 aromatic rings. The van der Waals surface area contributed by atoms with Crippen LogP contribution in [-0.2, 0) is 0 Å². The summed E-state index contributed by atoms with van der Waals surface area (Å²) >= 11 is 0. The highest BCUT2D eigenvalue weighted by Crippen LogP contribution is 2.39. The molecule has 1 N–H and O–H groups in total. The van der Waals surface area contributed by atoms with Crippen LogP contribution in [-0.4, -0.2) is 6.54 Å². The van der Waals surface area contributed by atoms with Crippen LogP contribution >= 0.6 is 0 Å². The highest BCUT2D eigenvalue weighted by Gasteiger charge is 2.30. The molecular weight excluding hydrogens is 218 g/mol. The van der Waals surface area contributed by atoms with Gasteiger partial charge in [-0.25, -0.2) is 0 Å². The van der Waals surface area contributed by atoms with Gasteiger partial charge in [0.1, 0.15) is 0 Å². The fourth-order valence-electron chi connectivity index (χ4n) is 3.33. The van der Waals surface area contributed by atoms with Crippen LogP contribution in [0.4, 0.5) is 0 Å². The molecule has 0 spiro atoms. The quantitative estimate of drug-likeness (QED) is 0.828. The van der Waals surface area contributed by atoms with E-state index in [1.165, 1.54) is 24.8 Å². The van der Waals surface area contributed by atoms with Gasteiger partial charge >= 0.3 is 0 Å². The first-order chi connectivity index (χ1) is 8.72. The third-order valence-electron chi connectivity index (χ3n) is 4.69. The summed E-state index contributed by atoms with van der Waals surface area (Å²) in [6.45, 7) is 8.10. The molecule has 0 aliphatic heterocycles. The molecule has 0 saturated heterocycles. The van der Waals surface area contributed by atoms with E-state index in [2.05, 4.69) is 56.4 Å². The summed E-state index contributed by atoms with van der Waals surface area (Å²) in [5, 5.41) is 3.70. The lowest BCUT2D eigenvalue weighted by molar-refractivity contribution is 0.172. The summed E-state index contributed by atoms with van der Waals surface area (Å²) in [6.07, 6.45) is 4.13. The largest absolute Gasteiger partial charge is 0.310 e. The maximum absolute atomic E-state index is 3.70. The van der Waals surface area contributed by atoms with Crippen molar-refractivity contribution in [2.24, 2.45) is 17.8 Å². The first-order valence-corrected chi connectivity index (χ1v) is 7.50. The van der Waals surface area contributed by atoms with Crippen LogP contribution in [0.25, 0.3) is 0 Å². The van der Waals surface area contributed by atoms with Crippen molar-refractivity contribution in [3.63, 3.8) is 0 Å². The zero-order valence-corrected chi connectivity index (χ0v) is 12.0. The molecular formula is C17H27N. The van der Waals surface area contributed by atoms with Crippen molar-refractivity contribution >= 4 is 0 Å². The fourth-order valence-corrected chi connectivity index (χ4v) is 3.33. The molecule has 18 heavy (non-hydrogen) atoms. The van der Waals surface area contributed by atoms with Crippen molar-refractivity contribution in [3.05, 3.63) is 35.9 Å². The number of nitrogens with one attached hydrogen (secondary N) is 1. The summed E-state index contributed by atoms with van der Waals surface area (Å²) in [4.78, 5) is 0. The van der Waals surface area contributed by atoms with Crippen molar-refractivity contribution in [3.8, 4) is 0 Å². The molecule has 100 valence electrons. The molecule has 1 aliphatic rings. The highest BCUT2D eigenvalue weighted by atomic mass is 14.9. The van der Waals surface area contributed by atoms with Crippen LogP contribution in [0, 0.1) is 17.8 Å². The summed E-state index contributed by atoms with van der Waals surface area (Å²) < 4.78 is 0. The molecule has 1 heteroatoms. The van der Waals surface area contributed by atoms with E-state index in [4.69, 9.17) is 0 Å². The Labute approximate surface area is 112 Å². The Balaban J connectivity index is 2.11. The lowest BCUT2D eigenvalue weighted by Gasteiger charge is -2.37. The second-order valence-electron chi connectivity index (χ2n) is 5.97. The summed E-state index contributed by atoms with van der Waals surface area (Å²) in [6, 6.07) is 11.5. The van der Waals surface area contributed by atoms with Crippen molar-refractivity contribution in [1.82, 2.24) is 5.32 Å². The first kappa shape index (κ1) is 13.6. The van der Waals surface area contributed by atoms with Gasteiger partial charge in [0.05, 0.1) is 0 Å². The van der Waals surface area contributed by atoms with Gasteiger partial charge in [0, 0.05) is 6.04 Å². The van der Waals surface area contributed by atoms with Crippen LogP contribution in [0.3, 0.4) is 0 Å². The summed E-state index contributed by atoms with van der Waals surface area (Å²) in [5.41, 5.74) is 1.46. The van der Waals surface area contributed by atoms with Crippen LogP contribution < -0.4 is 5.32 Å². The molecule has 1 fully saturated rings. The predicted molar refractivity (Wildman–Crippen MR) is 78.5 cm³/mol. The Hall–Kier alpha value is -0.820. The molecule has 2 rings (SSSR count). The Morgan fingerprint density at radius 2 is 1.83 bits per heavy atom. The average molecular weight is 245 g/mol. The Morgan fingerprint density at radius 1 is 1.11 bits per heavy atom.